The highest BCUT2D eigenvalue weighted by molar-refractivity contribution is 5.94. The predicted molar refractivity (Wildman–Crippen MR) is 118 cm³/mol. The van der Waals surface area contributed by atoms with E-state index in [-0.39, 0.29) is 30.7 Å². The Morgan fingerprint density at radius 1 is 0.857 bits per heavy atom. The van der Waals surface area contributed by atoms with Crippen molar-refractivity contribution in [2.45, 2.75) is 24.9 Å². The topological polar surface area (TPSA) is 64.4 Å². The fraction of sp³-hybridized carbons (Fsp3) is 0.240. The molecule has 0 saturated heterocycles. The number of ether oxygens (including phenoxy) is 1. The van der Waals surface area contributed by atoms with E-state index < -0.39 is 36.0 Å². The molecule has 3 aromatic rings. The van der Waals surface area contributed by atoms with Gasteiger partial charge in [0, 0.05) is 23.7 Å². The highest BCUT2D eigenvalue weighted by Gasteiger charge is 2.36. The van der Waals surface area contributed by atoms with E-state index in [1.54, 1.807) is 54.6 Å². The summed E-state index contributed by atoms with van der Waals surface area (Å²) in [4.78, 5) is 12.4. The van der Waals surface area contributed by atoms with Crippen LogP contribution in [0.15, 0.2) is 72.8 Å². The van der Waals surface area contributed by atoms with Crippen molar-refractivity contribution < 1.29 is 35.9 Å². The number of alkyl halides is 6. The van der Waals surface area contributed by atoms with E-state index >= 15 is 0 Å². The summed E-state index contributed by atoms with van der Waals surface area (Å²) in [6.45, 7) is -0.393. The van der Waals surface area contributed by atoms with E-state index in [0.29, 0.717) is 23.4 Å². The summed E-state index contributed by atoms with van der Waals surface area (Å²) in [6.07, 6.45) is -9.87. The van der Waals surface area contributed by atoms with Gasteiger partial charge in [-0.25, -0.2) is 0 Å². The zero-order valence-corrected chi connectivity index (χ0v) is 18.3. The maximum atomic E-state index is 13.1. The van der Waals surface area contributed by atoms with Gasteiger partial charge in [0.25, 0.3) is 5.91 Å². The molecule has 3 aromatic carbocycles. The molecular weight excluding hydrogens is 474 g/mol. The van der Waals surface area contributed by atoms with E-state index in [1.165, 1.54) is 0 Å². The SMILES string of the molecule is Nc1ccc(C(=O)NCC(COCc2cc(C(F)(F)F)cc(C(F)(F)F)c2)c2ccccc2)cc1. The lowest BCUT2D eigenvalue weighted by molar-refractivity contribution is -0.143. The van der Waals surface area contributed by atoms with Gasteiger partial charge < -0.3 is 15.8 Å². The number of nitrogen functional groups attached to an aromatic ring is 1. The maximum Gasteiger partial charge on any atom is 0.416 e. The van der Waals surface area contributed by atoms with E-state index in [4.69, 9.17) is 10.5 Å². The molecule has 1 amide bonds. The quantitative estimate of drug-likeness (QED) is 0.295. The maximum absolute atomic E-state index is 13.1. The third kappa shape index (κ3) is 7.48. The van der Waals surface area contributed by atoms with Crippen LogP contribution in [0.1, 0.15) is 38.5 Å². The molecule has 0 fully saturated rings. The van der Waals surface area contributed by atoms with Crippen LogP contribution < -0.4 is 11.1 Å². The Bertz CT molecular complexity index is 1100. The van der Waals surface area contributed by atoms with Crippen molar-refractivity contribution in [3.05, 3.63) is 101 Å². The molecule has 0 bridgehead atoms. The van der Waals surface area contributed by atoms with Crippen molar-refractivity contribution >= 4 is 11.6 Å². The fourth-order valence-corrected chi connectivity index (χ4v) is 3.37. The van der Waals surface area contributed by atoms with Crippen LogP contribution in [0, 0.1) is 0 Å². The molecule has 0 heterocycles. The number of nitrogens with two attached hydrogens (primary N) is 1. The van der Waals surface area contributed by atoms with Gasteiger partial charge in [0.05, 0.1) is 24.3 Å². The molecule has 0 aliphatic heterocycles. The third-order valence-corrected chi connectivity index (χ3v) is 5.19. The van der Waals surface area contributed by atoms with Crippen molar-refractivity contribution in [2.24, 2.45) is 0 Å². The van der Waals surface area contributed by atoms with Gasteiger partial charge in [-0.2, -0.15) is 26.3 Å². The van der Waals surface area contributed by atoms with Crippen molar-refractivity contribution in [1.82, 2.24) is 5.32 Å². The number of benzene rings is 3. The van der Waals surface area contributed by atoms with Crippen LogP contribution >= 0.6 is 0 Å². The third-order valence-electron chi connectivity index (χ3n) is 5.19. The normalized spacial score (nSPS) is 12.9. The molecule has 0 aliphatic rings. The first-order chi connectivity index (χ1) is 16.4. The van der Waals surface area contributed by atoms with E-state index in [2.05, 4.69) is 5.32 Å². The number of carbonyl (C=O) groups is 1. The summed E-state index contributed by atoms with van der Waals surface area (Å²) in [5.41, 5.74) is 4.23. The minimum atomic E-state index is -4.94. The second kappa shape index (κ2) is 10.8. The number of rotatable bonds is 8. The monoisotopic (exact) mass is 496 g/mol. The Balaban J connectivity index is 1.71. The molecule has 3 N–H and O–H groups in total. The highest BCUT2D eigenvalue weighted by Crippen LogP contribution is 2.36. The number of amides is 1. The van der Waals surface area contributed by atoms with Crippen molar-refractivity contribution in [3.63, 3.8) is 0 Å². The lowest BCUT2D eigenvalue weighted by Crippen LogP contribution is -2.30. The second-order valence-corrected chi connectivity index (χ2v) is 7.87. The zero-order valence-electron chi connectivity index (χ0n) is 18.3. The number of anilines is 1. The number of hydrogen-bond acceptors (Lipinski definition) is 3. The fourth-order valence-electron chi connectivity index (χ4n) is 3.37. The second-order valence-electron chi connectivity index (χ2n) is 7.87. The Morgan fingerprint density at radius 3 is 1.97 bits per heavy atom. The van der Waals surface area contributed by atoms with E-state index in [9.17, 15) is 31.1 Å². The van der Waals surface area contributed by atoms with Gasteiger partial charge in [-0.05, 0) is 53.6 Å². The Hall–Kier alpha value is -3.53. The van der Waals surface area contributed by atoms with Crippen LogP contribution in [0.3, 0.4) is 0 Å². The molecular formula is C25H22F6N2O2. The molecule has 1 atom stereocenters. The summed E-state index contributed by atoms with van der Waals surface area (Å²) in [6, 6.07) is 16.5. The van der Waals surface area contributed by atoms with Crippen LogP contribution in [0.2, 0.25) is 0 Å². The van der Waals surface area contributed by atoms with Gasteiger partial charge in [0.2, 0.25) is 0 Å². The first-order valence-corrected chi connectivity index (χ1v) is 10.5. The van der Waals surface area contributed by atoms with Gasteiger partial charge in [0.15, 0.2) is 0 Å². The zero-order chi connectivity index (χ0) is 25.6. The minimum absolute atomic E-state index is 0.0520. The molecule has 186 valence electrons. The Kier molecular flexibility index (Phi) is 8.06. The van der Waals surface area contributed by atoms with Crippen molar-refractivity contribution in [1.29, 1.82) is 0 Å². The number of carbonyl (C=O) groups excluding carboxylic acids is 1. The molecule has 0 aromatic heterocycles. The lowest BCUT2D eigenvalue weighted by atomic mass is 9.99. The molecule has 4 nitrogen and oxygen atoms in total. The van der Waals surface area contributed by atoms with Crippen LogP contribution in [0.25, 0.3) is 0 Å². The summed E-state index contributed by atoms with van der Waals surface area (Å²) >= 11 is 0. The molecule has 0 aliphatic carbocycles. The summed E-state index contributed by atoms with van der Waals surface area (Å²) in [5, 5.41) is 2.77. The first kappa shape index (κ1) is 26.1. The smallest absolute Gasteiger partial charge is 0.399 e. The molecule has 0 saturated carbocycles. The van der Waals surface area contributed by atoms with E-state index in [0.717, 1.165) is 5.56 Å². The van der Waals surface area contributed by atoms with E-state index in [1.807, 2.05) is 0 Å². The molecule has 35 heavy (non-hydrogen) atoms. The molecule has 1 unspecified atom stereocenters. The van der Waals surface area contributed by atoms with Crippen LogP contribution in [-0.2, 0) is 23.7 Å². The predicted octanol–water partition coefficient (Wildman–Crippen LogP) is 6.04. The average Bonchev–Trinajstić information content (AvgIpc) is 2.80. The number of halogens is 6. The van der Waals surface area contributed by atoms with Gasteiger partial charge in [-0.3, -0.25) is 4.79 Å². The van der Waals surface area contributed by atoms with Crippen LogP contribution in [-0.4, -0.2) is 19.1 Å². The average molecular weight is 496 g/mol. The molecule has 0 spiro atoms. The summed E-state index contributed by atoms with van der Waals surface area (Å²) in [5.74, 6) is -0.763. The summed E-state index contributed by atoms with van der Waals surface area (Å²) < 4.78 is 84.1. The first-order valence-electron chi connectivity index (χ1n) is 10.5. The highest BCUT2D eigenvalue weighted by atomic mass is 19.4. The standard InChI is InChI=1S/C25H22F6N2O2/c26-24(27,28)20-10-16(11-21(12-20)25(29,30)31)14-35-15-19(17-4-2-1-3-5-17)13-33-23(34)18-6-8-22(32)9-7-18/h1-12,19H,13-15,32H2,(H,33,34). The van der Waals surface area contributed by atoms with Gasteiger partial charge in [-0.1, -0.05) is 30.3 Å². The van der Waals surface area contributed by atoms with Gasteiger partial charge >= 0.3 is 12.4 Å². The molecule has 0 radical (unpaired) electrons. The minimum Gasteiger partial charge on any atom is -0.399 e. The molecule has 3 rings (SSSR count). The molecule has 10 heteroatoms. The van der Waals surface area contributed by atoms with Gasteiger partial charge in [0.1, 0.15) is 0 Å². The lowest BCUT2D eigenvalue weighted by Gasteiger charge is -2.19. The largest absolute Gasteiger partial charge is 0.416 e. The van der Waals surface area contributed by atoms with Crippen molar-refractivity contribution in [3.8, 4) is 0 Å². The van der Waals surface area contributed by atoms with Crippen LogP contribution in [0.5, 0.6) is 0 Å². The summed E-state index contributed by atoms with van der Waals surface area (Å²) in [7, 11) is 0. The van der Waals surface area contributed by atoms with Crippen molar-refractivity contribution in [2.75, 3.05) is 18.9 Å². The Morgan fingerprint density at radius 2 is 1.43 bits per heavy atom. The number of nitrogens with one attached hydrogen (secondary N) is 1. The Labute approximate surface area is 197 Å². The van der Waals surface area contributed by atoms with Gasteiger partial charge in [-0.15, -0.1) is 0 Å². The number of hydrogen-bond donors (Lipinski definition) is 2. The van der Waals surface area contributed by atoms with Crippen LogP contribution in [0.4, 0.5) is 32.0 Å².